The molecule has 0 aliphatic heterocycles. The van der Waals surface area contributed by atoms with Gasteiger partial charge in [0.15, 0.2) is 0 Å². The topological polar surface area (TPSA) is 52.3 Å². The normalized spacial score (nSPS) is 22.5. The average Bonchev–Trinajstić information content (AvgIpc) is 1.97. The van der Waals surface area contributed by atoms with Crippen LogP contribution in [0.2, 0.25) is 0 Å². The second-order valence-electron chi connectivity index (χ2n) is 3.19. The van der Waals surface area contributed by atoms with Crippen LogP contribution in [0.5, 0.6) is 0 Å². The third-order valence-electron chi connectivity index (χ3n) is 2.20. The number of alkyl halides is 2. The van der Waals surface area contributed by atoms with Gasteiger partial charge >= 0.3 is 5.97 Å². The molecule has 0 aromatic rings. The molecule has 13 heavy (non-hydrogen) atoms. The zero-order valence-electron chi connectivity index (χ0n) is 7.18. The van der Waals surface area contributed by atoms with E-state index in [1.807, 2.05) is 0 Å². The van der Waals surface area contributed by atoms with Crippen LogP contribution >= 0.6 is 12.4 Å². The highest BCUT2D eigenvalue weighted by Crippen LogP contribution is 2.51. The summed E-state index contributed by atoms with van der Waals surface area (Å²) in [7, 11) is 1.18. The number of ether oxygens (including phenoxy) is 1. The van der Waals surface area contributed by atoms with Gasteiger partial charge in [-0.1, -0.05) is 0 Å². The summed E-state index contributed by atoms with van der Waals surface area (Å²) in [6, 6.07) is 0. The molecule has 1 fully saturated rings. The third-order valence-corrected chi connectivity index (χ3v) is 2.20. The number of halogens is 3. The molecule has 0 amide bonds. The van der Waals surface area contributed by atoms with Crippen LogP contribution in [-0.4, -0.2) is 25.5 Å². The van der Waals surface area contributed by atoms with E-state index in [2.05, 4.69) is 4.74 Å². The van der Waals surface area contributed by atoms with Gasteiger partial charge in [-0.15, -0.1) is 12.4 Å². The Morgan fingerprint density at radius 2 is 2.00 bits per heavy atom. The van der Waals surface area contributed by atoms with E-state index in [0.717, 1.165) is 0 Å². The molecule has 2 N–H and O–H groups in total. The molecular formula is C7H12ClF2NO2. The Morgan fingerprint density at radius 1 is 1.54 bits per heavy atom. The molecule has 78 valence electrons. The van der Waals surface area contributed by atoms with E-state index in [4.69, 9.17) is 5.73 Å². The van der Waals surface area contributed by atoms with Crippen molar-refractivity contribution in [2.24, 2.45) is 11.1 Å². The van der Waals surface area contributed by atoms with Crippen molar-refractivity contribution in [2.75, 3.05) is 13.7 Å². The van der Waals surface area contributed by atoms with E-state index in [0.29, 0.717) is 0 Å². The maximum absolute atomic E-state index is 12.5. The summed E-state index contributed by atoms with van der Waals surface area (Å²) in [6.07, 6.45) is -0.966. The number of hydrogen-bond donors (Lipinski definition) is 1. The predicted octanol–water partition coefficient (Wildman–Crippen LogP) is 0.955. The van der Waals surface area contributed by atoms with Crippen molar-refractivity contribution in [3.8, 4) is 0 Å². The smallest absolute Gasteiger partial charge is 0.313 e. The Hall–Kier alpha value is -0.420. The van der Waals surface area contributed by atoms with Gasteiger partial charge in [-0.05, 0) is 0 Å². The van der Waals surface area contributed by atoms with Gasteiger partial charge in [0.1, 0.15) is 0 Å². The van der Waals surface area contributed by atoms with Crippen LogP contribution in [-0.2, 0) is 9.53 Å². The van der Waals surface area contributed by atoms with Gasteiger partial charge in [-0.3, -0.25) is 4.79 Å². The van der Waals surface area contributed by atoms with Gasteiger partial charge in [-0.2, -0.15) is 0 Å². The van der Waals surface area contributed by atoms with Crippen molar-refractivity contribution in [1.29, 1.82) is 0 Å². The summed E-state index contributed by atoms with van der Waals surface area (Å²) in [5.74, 6) is -3.37. The zero-order valence-corrected chi connectivity index (χ0v) is 8.00. The first-order valence-corrected chi connectivity index (χ1v) is 3.62. The number of hydrogen-bond acceptors (Lipinski definition) is 3. The standard InChI is InChI=1S/C7H11F2NO2.ClH/c1-12-5(11)6(4-10)2-7(8,9)3-6;/h2-4,10H2,1H3;1H. The number of nitrogens with two attached hydrogens (primary N) is 1. The Balaban J connectivity index is 0.00000144. The molecule has 3 nitrogen and oxygen atoms in total. The number of esters is 1. The largest absolute Gasteiger partial charge is 0.469 e. The zero-order chi connectivity index (χ0) is 9.41. The lowest BCUT2D eigenvalue weighted by Crippen LogP contribution is -2.55. The molecule has 1 rings (SSSR count). The minimum absolute atomic E-state index is 0. The van der Waals surface area contributed by atoms with E-state index in [1.54, 1.807) is 0 Å². The van der Waals surface area contributed by atoms with Crippen molar-refractivity contribution >= 4 is 18.4 Å². The number of methoxy groups -OCH3 is 1. The molecule has 0 bridgehead atoms. The highest BCUT2D eigenvalue weighted by Gasteiger charge is 2.60. The number of rotatable bonds is 2. The Bertz CT molecular complexity index is 203. The van der Waals surface area contributed by atoms with Crippen molar-refractivity contribution in [2.45, 2.75) is 18.8 Å². The molecule has 0 saturated heterocycles. The van der Waals surface area contributed by atoms with Gasteiger partial charge in [0.05, 0.1) is 12.5 Å². The molecule has 0 unspecified atom stereocenters. The molecule has 0 aromatic heterocycles. The lowest BCUT2D eigenvalue weighted by Gasteiger charge is -2.43. The average molecular weight is 216 g/mol. The summed E-state index contributed by atoms with van der Waals surface area (Å²) in [4.78, 5) is 11.0. The molecule has 0 radical (unpaired) electrons. The van der Waals surface area contributed by atoms with Gasteiger partial charge in [0, 0.05) is 19.4 Å². The van der Waals surface area contributed by atoms with Crippen molar-refractivity contribution < 1.29 is 18.3 Å². The summed E-state index contributed by atoms with van der Waals surface area (Å²) in [5.41, 5.74) is 4.11. The Kier molecular flexibility index (Phi) is 3.63. The molecule has 0 spiro atoms. The SMILES string of the molecule is COC(=O)C1(CN)CC(F)(F)C1.Cl. The maximum atomic E-state index is 12.5. The summed E-state index contributed by atoms with van der Waals surface area (Å²) < 4.78 is 29.3. The van der Waals surface area contributed by atoms with Gasteiger partial charge in [0.25, 0.3) is 5.92 Å². The van der Waals surface area contributed by atoms with Crippen LogP contribution in [0.4, 0.5) is 8.78 Å². The first kappa shape index (κ1) is 12.6. The minimum atomic E-state index is -2.74. The summed E-state index contributed by atoms with van der Waals surface area (Å²) in [6.45, 7) is -0.0741. The van der Waals surface area contributed by atoms with E-state index >= 15 is 0 Å². The van der Waals surface area contributed by atoms with Gasteiger partial charge in [0.2, 0.25) is 0 Å². The summed E-state index contributed by atoms with van der Waals surface area (Å²) >= 11 is 0. The molecule has 0 heterocycles. The second-order valence-corrected chi connectivity index (χ2v) is 3.19. The van der Waals surface area contributed by atoms with Crippen molar-refractivity contribution in [3.05, 3.63) is 0 Å². The van der Waals surface area contributed by atoms with Crippen molar-refractivity contribution in [1.82, 2.24) is 0 Å². The van der Waals surface area contributed by atoms with Gasteiger partial charge in [-0.25, -0.2) is 8.78 Å². The monoisotopic (exact) mass is 215 g/mol. The van der Waals surface area contributed by atoms with Crippen LogP contribution in [0.15, 0.2) is 0 Å². The van der Waals surface area contributed by atoms with Crippen LogP contribution in [0.3, 0.4) is 0 Å². The number of carbonyl (C=O) groups is 1. The minimum Gasteiger partial charge on any atom is -0.469 e. The van der Waals surface area contributed by atoms with E-state index in [9.17, 15) is 13.6 Å². The van der Waals surface area contributed by atoms with Crippen LogP contribution in [0.1, 0.15) is 12.8 Å². The van der Waals surface area contributed by atoms with E-state index in [-0.39, 0.29) is 19.0 Å². The molecule has 1 aliphatic rings. The highest BCUT2D eigenvalue weighted by atomic mass is 35.5. The van der Waals surface area contributed by atoms with Crippen LogP contribution < -0.4 is 5.73 Å². The molecule has 0 aromatic carbocycles. The van der Waals surface area contributed by atoms with Gasteiger partial charge < -0.3 is 10.5 Å². The first-order chi connectivity index (χ1) is 5.46. The molecule has 6 heteroatoms. The van der Waals surface area contributed by atoms with E-state index < -0.39 is 30.1 Å². The summed E-state index contributed by atoms with van der Waals surface area (Å²) in [5, 5.41) is 0. The first-order valence-electron chi connectivity index (χ1n) is 3.62. The molecule has 1 saturated carbocycles. The lowest BCUT2D eigenvalue weighted by atomic mass is 9.66. The van der Waals surface area contributed by atoms with Crippen LogP contribution in [0, 0.1) is 5.41 Å². The maximum Gasteiger partial charge on any atom is 0.313 e. The van der Waals surface area contributed by atoms with E-state index in [1.165, 1.54) is 7.11 Å². The molecular weight excluding hydrogens is 204 g/mol. The Morgan fingerprint density at radius 3 is 2.23 bits per heavy atom. The molecule has 1 aliphatic carbocycles. The number of carbonyl (C=O) groups excluding carboxylic acids is 1. The lowest BCUT2D eigenvalue weighted by molar-refractivity contribution is -0.193. The second kappa shape index (κ2) is 3.75. The predicted molar refractivity (Wildman–Crippen MR) is 44.9 cm³/mol. The quantitative estimate of drug-likeness (QED) is 0.698. The van der Waals surface area contributed by atoms with Crippen molar-refractivity contribution in [3.63, 3.8) is 0 Å². The highest BCUT2D eigenvalue weighted by molar-refractivity contribution is 5.85. The fourth-order valence-corrected chi connectivity index (χ4v) is 1.53. The Labute approximate surface area is 81.0 Å². The third kappa shape index (κ3) is 2.08. The molecule has 0 atom stereocenters. The van der Waals surface area contributed by atoms with Crippen LogP contribution in [0.25, 0.3) is 0 Å². The fraction of sp³-hybridized carbons (Fsp3) is 0.857. The fourth-order valence-electron chi connectivity index (χ4n) is 1.53.